The van der Waals surface area contributed by atoms with E-state index >= 15 is 0 Å². The first kappa shape index (κ1) is 6.66. The summed E-state index contributed by atoms with van der Waals surface area (Å²) in [5.41, 5.74) is 1.06. The fraction of sp³-hybridized carbons (Fsp3) is 1.00. The van der Waals surface area contributed by atoms with Crippen molar-refractivity contribution in [1.29, 1.82) is 0 Å². The summed E-state index contributed by atoms with van der Waals surface area (Å²) in [6, 6.07) is 0. The van der Waals surface area contributed by atoms with Crippen LogP contribution in [-0.4, -0.2) is 12.7 Å². The monoisotopic (exact) mass is 140 g/mol. The van der Waals surface area contributed by atoms with Crippen LogP contribution in [0.5, 0.6) is 0 Å². The second-order valence-corrected chi connectivity index (χ2v) is 4.43. The molecule has 0 amide bonds. The quantitative estimate of drug-likeness (QED) is 0.571. The molecular formula is C9H16O. The van der Waals surface area contributed by atoms with Crippen LogP contribution in [0.1, 0.15) is 33.1 Å². The maximum absolute atomic E-state index is 5.41. The van der Waals surface area contributed by atoms with Crippen LogP contribution in [0.25, 0.3) is 0 Å². The van der Waals surface area contributed by atoms with Gasteiger partial charge < -0.3 is 4.74 Å². The van der Waals surface area contributed by atoms with Crippen molar-refractivity contribution in [3.63, 3.8) is 0 Å². The van der Waals surface area contributed by atoms with Crippen LogP contribution in [0.3, 0.4) is 0 Å². The fourth-order valence-electron chi connectivity index (χ4n) is 2.60. The van der Waals surface area contributed by atoms with Crippen LogP contribution < -0.4 is 0 Å². The summed E-state index contributed by atoms with van der Waals surface area (Å²) in [5, 5.41) is 0. The Morgan fingerprint density at radius 2 is 1.70 bits per heavy atom. The van der Waals surface area contributed by atoms with Crippen LogP contribution >= 0.6 is 0 Å². The lowest BCUT2D eigenvalue weighted by atomic mass is 9.38. The highest BCUT2D eigenvalue weighted by Crippen LogP contribution is 2.71. The first-order valence-electron chi connectivity index (χ1n) is 4.18. The molecule has 3 aliphatic rings. The maximum Gasteiger partial charge on any atom is 0.0695 e. The van der Waals surface area contributed by atoms with Crippen LogP contribution in [-0.2, 0) is 4.74 Å². The average molecular weight is 140 g/mol. The van der Waals surface area contributed by atoms with Crippen LogP contribution in [0.4, 0.5) is 0 Å². The van der Waals surface area contributed by atoms with Crippen molar-refractivity contribution in [2.24, 2.45) is 11.3 Å². The third kappa shape index (κ3) is 0.531. The van der Waals surface area contributed by atoms with Crippen molar-refractivity contribution in [1.82, 2.24) is 0 Å². The van der Waals surface area contributed by atoms with Crippen molar-refractivity contribution in [3.05, 3.63) is 0 Å². The topological polar surface area (TPSA) is 9.23 Å². The van der Waals surface area contributed by atoms with Gasteiger partial charge in [-0.2, -0.15) is 0 Å². The molecule has 1 heteroatoms. The smallest absolute Gasteiger partial charge is 0.0695 e. The molecule has 0 heterocycles. The molecule has 0 N–H and O–H groups in total. The third-order valence-electron chi connectivity index (χ3n) is 3.68. The molecule has 0 atom stereocenters. The molecule has 3 fully saturated rings. The lowest BCUT2D eigenvalue weighted by Crippen LogP contribution is -2.69. The highest BCUT2D eigenvalue weighted by molar-refractivity contribution is 5.20. The van der Waals surface area contributed by atoms with Gasteiger partial charge in [-0.25, -0.2) is 0 Å². The molecule has 3 saturated carbocycles. The standard InChI is InChI=1S/C9H16O/c1-7(2)8-4-9(5-8,6-8)10-3/h7H,4-6H2,1-3H3. The summed E-state index contributed by atoms with van der Waals surface area (Å²) in [6.45, 7) is 4.66. The van der Waals surface area contributed by atoms with E-state index in [9.17, 15) is 0 Å². The predicted molar refractivity (Wildman–Crippen MR) is 40.9 cm³/mol. The fourth-order valence-corrected chi connectivity index (χ4v) is 2.60. The maximum atomic E-state index is 5.41. The van der Waals surface area contributed by atoms with E-state index in [1.165, 1.54) is 19.3 Å². The Hall–Kier alpha value is -0.0400. The molecule has 0 radical (unpaired) electrons. The predicted octanol–water partition coefficient (Wildman–Crippen LogP) is 2.21. The van der Waals surface area contributed by atoms with Gasteiger partial charge >= 0.3 is 0 Å². The van der Waals surface area contributed by atoms with E-state index in [-0.39, 0.29) is 0 Å². The van der Waals surface area contributed by atoms with Gasteiger partial charge in [0.1, 0.15) is 0 Å². The van der Waals surface area contributed by atoms with Gasteiger partial charge in [0.2, 0.25) is 0 Å². The number of ether oxygens (including phenoxy) is 1. The van der Waals surface area contributed by atoms with E-state index in [4.69, 9.17) is 4.74 Å². The van der Waals surface area contributed by atoms with E-state index in [0.29, 0.717) is 11.0 Å². The number of hydrogen-bond donors (Lipinski definition) is 0. The van der Waals surface area contributed by atoms with E-state index in [1.807, 2.05) is 7.11 Å². The summed E-state index contributed by atoms with van der Waals surface area (Å²) in [4.78, 5) is 0. The second kappa shape index (κ2) is 1.58. The average Bonchev–Trinajstić information content (AvgIpc) is 1.57. The molecule has 0 unspecified atom stereocenters. The first-order valence-corrected chi connectivity index (χ1v) is 4.18. The molecule has 3 aliphatic carbocycles. The van der Waals surface area contributed by atoms with Gasteiger partial charge in [-0.05, 0) is 30.6 Å². The Kier molecular flexibility index (Phi) is 1.05. The lowest BCUT2D eigenvalue weighted by Gasteiger charge is -2.71. The Morgan fingerprint density at radius 1 is 1.20 bits per heavy atom. The summed E-state index contributed by atoms with van der Waals surface area (Å²) in [5.74, 6) is 0.865. The van der Waals surface area contributed by atoms with Crippen LogP contribution in [0, 0.1) is 11.3 Å². The number of methoxy groups -OCH3 is 1. The van der Waals surface area contributed by atoms with Crippen molar-refractivity contribution in [2.45, 2.75) is 38.7 Å². The number of rotatable bonds is 2. The Labute approximate surface area is 62.8 Å². The van der Waals surface area contributed by atoms with Gasteiger partial charge in [0.25, 0.3) is 0 Å². The van der Waals surface area contributed by atoms with Gasteiger partial charge in [-0.15, -0.1) is 0 Å². The first-order chi connectivity index (χ1) is 4.63. The second-order valence-electron chi connectivity index (χ2n) is 4.43. The normalized spacial score (nSPS) is 50.4. The zero-order chi connectivity index (χ0) is 7.41. The summed E-state index contributed by atoms with van der Waals surface area (Å²) < 4.78 is 5.41. The molecule has 2 bridgehead atoms. The van der Waals surface area contributed by atoms with Crippen molar-refractivity contribution in [3.8, 4) is 0 Å². The van der Waals surface area contributed by atoms with E-state index in [2.05, 4.69) is 13.8 Å². The Balaban J connectivity index is 1.98. The molecule has 3 rings (SSSR count). The molecular weight excluding hydrogens is 124 g/mol. The van der Waals surface area contributed by atoms with Crippen LogP contribution in [0.15, 0.2) is 0 Å². The van der Waals surface area contributed by atoms with Crippen molar-refractivity contribution in [2.75, 3.05) is 7.11 Å². The molecule has 0 spiro atoms. The molecule has 1 nitrogen and oxygen atoms in total. The van der Waals surface area contributed by atoms with Crippen molar-refractivity contribution < 1.29 is 4.74 Å². The minimum atomic E-state index is 0.351. The van der Waals surface area contributed by atoms with Gasteiger partial charge in [0.15, 0.2) is 0 Å². The summed E-state index contributed by atoms with van der Waals surface area (Å²) >= 11 is 0. The van der Waals surface area contributed by atoms with Gasteiger partial charge in [0, 0.05) is 7.11 Å². The van der Waals surface area contributed by atoms with Gasteiger partial charge in [-0.3, -0.25) is 0 Å². The molecule has 10 heavy (non-hydrogen) atoms. The zero-order valence-electron chi connectivity index (χ0n) is 7.11. The molecule has 0 aromatic rings. The lowest BCUT2D eigenvalue weighted by molar-refractivity contribution is -0.291. The van der Waals surface area contributed by atoms with Crippen LogP contribution in [0.2, 0.25) is 0 Å². The van der Waals surface area contributed by atoms with Gasteiger partial charge in [0.05, 0.1) is 5.60 Å². The minimum Gasteiger partial charge on any atom is -0.378 e. The SMILES string of the molecule is COC12CC(C(C)C)(C1)C2. The number of hydrogen-bond acceptors (Lipinski definition) is 1. The molecule has 0 aromatic carbocycles. The molecule has 0 aliphatic heterocycles. The van der Waals surface area contributed by atoms with Crippen molar-refractivity contribution >= 4 is 0 Å². The highest BCUT2D eigenvalue weighted by Gasteiger charge is 2.69. The summed E-state index contributed by atoms with van der Waals surface area (Å²) in [6.07, 6.45) is 3.98. The molecule has 0 saturated heterocycles. The Bertz CT molecular complexity index is 140. The summed E-state index contributed by atoms with van der Waals surface area (Å²) in [7, 11) is 1.85. The van der Waals surface area contributed by atoms with Gasteiger partial charge in [-0.1, -0.05) is 13.8 Å². The highest BCUT2D eigenvalue weighted by atomic mass is 16.5. The zero-order valence-corrected chi connectivity index (χ0v) is 7.11. The molecule has 58 valence electrons. The third-order valence-corrected chi connectivity index (χ3v) is 3.68. The largest absolute Gasteiger partial charge is 0.378 e. The Morgan fingerprint density at radius 3 is 2.00 bits per heavy atom. The van der Waals surface area contributed by atoms with E-state index in [0.717, 1.165) is 5.92 Å². The van der Waals surface area contributed by atoms with E-state index < -0.39 is 0 Å². The molecule has 0 aromatic heterocycles. The van der Waals surface area contributed by atoms with E-state index in [1.54, 1.807) is 0 Å². The minimum absolute atomic E-state index is 0.351.